The van der Waals surface area contributed by atoms with Gasteiger partial charge < -0.3 is 5.32 Å². The van der Waals surface area contributed by atoms with Crippen LogP contribution in [0, 0.1) is 5.41 Å². The molecule has 0 aliphatic carbocycles. The highest BCUT2D eigenvalue weighted by Gasteiger charge is 2.25. The third-order valence-electron chi connectivity index (χ3n) is 3.34. The zero-order valence-corrected chi connectivity index (χ0v) is 12.8. The van der Waals surface area contributed by atoms with Crippen molar-refractivity contribution >= 4 is 21.8 Å². The fourth-order valence-corrected chi connectivity index (χ4v) is 2.54. The SMILES string of the molecule is CC(C)(C)C(Br)c1ccc2c(c1)C(=O)NCCC2. The van der Waals surface area contributed by atoms with Gasteiger partial charge in [0.2, 0.25) is 0 Å². The van der Waals surface area contributed by atoms with Crippen molar-refractivity contribution in [2.24, 2.45) is 5.41 Å². The summed E-state index contributed by atoms with van der Waals surface area (Å²) in [5.41, 5.74) is 3.33. The maximum atomic E-state index is 12.0. The Morgan fingerprint density at radius 2 is 2.06 bits per heavy atom. The zero-order chi connectivity index (χ0) is 13.3. The van der Waals surface area contributed by atoms with E-state index < -0.39 is 0 Å². The summed E-state index contributed by atoms with van der Waals surface area (Å²) in [5.74, 6) is 0.0676. The summed E-state index contributed by atoms with van der Waals surface area (Å²) in [4.78, 5) is 12.3. The zero-order valence-electron chi connectivity index (χ0n) is 11.2. The van der Waals surface area contributed by atoms with Crippen LogP contribution >= 0.6 is 15.9 Å². The standard InChI is InChI=1S/C15H20BrNO/c1-15(2,3)13(16)11-7-6-10-5-4-8-17-14(18)12(10)9-11/h6-7,9,13H,4-5,8H2,1-3H3,(H,17,18). The molecule has 1 aliphatic rings. The van der Waals surface area contributed by atoms with E-state index >= 15 is 0 Å². The largest absolute Gasteiger partial charge is 0.352 e. The van der Waals surface area contributed by atoms with Crippen LogP contribution in [0.3, 0.4) is 0 Å². The lowest BCUT2D eigenvalue weighted by atomic mass is 9.86. The molecule has 0 aromatic heterocycles. The number of benzene rings is 1. The number of fused-ring (bicyclic) bond motifs is 1. The van der Waals surface area contributed by atoms with E-state index in [0.29, 0.717) is 0 Å². The van der Waals surface area contributed by atoms with Crippen LogP contribution in [0.1, 0.15) is 53.5 Å². The molecule has 0 spiro atoms. The van der Waals surface area contributed by atoms with Crippen LogP contribution in [-0.4, -0.2) is 12.5 Å². The topological polar surface area (TPSA) is 29.1 Å². The quantitative estimate of drug-likeness (QED) is 0.785. The highest BCUT2D eigenvalue weighted by molar-refractivity contribution is 9.09. The van der Waals surface area contributed by atoms with Gasteiger partial charge in [0, 0.05) is 16.9 Å². The Bertz CT molecular complexity index is 462. The van der Waals surface area contributed by atoms with Gasteiger partial charge in [-0.25, -0.2) is 0 Å². The molecule has 1 aromatic carbocycles. The lowest BCUT2D eigenvalue weighted by molar-refractivity contribution is 0.0956. The second-order valence-corrected chi connectivity index (χ2v) is 6.92. The van der Waals surface area contributed by atoms with Gasteiger partial charge in [-0.1, -0.05) is 48.8 Å². The van der Waals surface area contributed by atoms with E-state index in [1.165, 1.54) is 11.1 Å². The number of amides is 1. The summed E-state index contributed by atoms with van der Waals surface area (Å²) in [6.07, 6.45) is 2.01. The predicted octanol–water partition coefficient (Wildman–Crippen LogP) is 3.84. The third kappa shape index (κ3) is 2.77. The minimum Gasteiger partial charge on any atom is -0.352 e. The molecule has 2 nitrogen and oxygen atoms in total. The van der Waals surface area contributed by atoms with Crippen molar-refractivity contribution in [3.8, 4) is 0 Å². The molecule has 1 amide bonds. The number of halogens is 1. The van der Waals surface area contributed by atoms with Crippen LogP contribution in [0.15, 0.2) is 18.2 Å². The second-order valence-electron chi connectivity index (χ2n) is 6.00. The first-order chi connectivity index (χ1) is 8.39. The van der Waals surface area contributed by atoms with Crippen LogP contribution in [0.4, 0.5) is 0 Å². The first-order valence-corrected chi connectivity index (χ1v) is 7.36. The number of hydrogen-bond donors (Lipinski definition) is 1. The van der Waals surface area contributed by atoms with E-state index in [1.54, 1.807) is 0 Å². The van der Waals surface area contributed by atoms with Crippen molar-refractivity contribution in [1.29, 1.82) is 0 Å². The molecule has 18 heavy (non-hydrogen) atoms. The van der Waals surface area contributed by atoms with Gasteiger partial charge in [0.25, 0.3) is 5.91 Å². The van der Waals surface area contributed by atoms with Crippen molar-refractivity contribution in [1.82, 2.24) is 5.32 Å². The van der Waals surface area contributed by atoms with Crippen molar-refractivity contribution in [2.75, 3.05) is 6.54 Å². The molecule has 1 aliphatic heterocycles. The molecule has 0 radical (unpaired) electrons. The highest BCUT2D eigenvalue weighted by atomic mass is 79.9. The molecular formula is C15H20BrNO. The molecule has 0 saturated carbocycles. The fraction of sp³-hybridized carbons (Fsp3) is 0.533. The number of alkyl halides is 1. The van der Waals surface area contributed by atoms with Crippen LogP contribution in [0.5, 0.6) is 0 Å². The summed E-state index contributed by atoms with van der Waals surface area (Å²) < 4.78 is 0. The Balaban J connectivity index is 2.40. The van der Waals surface area contributed by atoms with Crippen molar-refractivity contribution < 1.29 is 4.79 Å². The molecule has 3 heteroatoms. The van der Waals surface area contributed by atoms with Crippen LogP contribution in [0.25, 0.3) is 0 Å². The van der Waals surface area contributed by atoms with Gasteiger partial charge in [0.05, 0.1) is 0 Å². The lowest BCUT2D eigenvalue weighted by Crippen LogP contribution is -2.23. The van der Waals surface area contributed by atoms with E-state index in [4.69, 9.17) is 0 Å². The van der Waals surface area contributed by atoms with Gasteiger partial charge in [-0.05, 0) is 35.4 Å². The fourth-order valence-electron chi connectivity index (χ4n) is 2.26. The Morgan fingerprint density at radius 1 is 1.33 bits per heavy atom. The van der Waals surface area contributed by atoms with Crippen LogP contribution in [-0.2, 0) is 6.42 Å². The average Bonchev–Trinajstić information content (AvgIpc) is 2.49. The first-order valence-electron chi connectivity index (χ1n) is 6.44. The highest BCUT2D eigenvalue weighted by Crippen LogP contribution is 2.40. The number of nitrogens with one attached hydrogen (secondary N) is 1. The molecule has 2 rings (SSSR count). The molecule has 0 saturated heterocycles. The average molecular weight is 310 g/mol. The van der Waals surface area contributed by atoms with E-state index in [2.05, 4.69) is 54.2 Å². The third-order valence-corrected chi connectivity index (χ3v) is 5.24. The maximum absolute atomic E-state index is 12.0. The smallest absolute Gasteiger partial charge is 0.251 e. The molecule has 98 valence electrons. The first kappa shape index (κ1) is 13.6. The minimum atomic E-state index is 0.0676. The Morgan fingerprint density at radius 3 is 2.72 bits per heavy atom. The molecule has 1 aromatic rings. The monoisotopic (exact) mass is 309 g/mol. The molecule has 1 N–H and O–H groups in total. The summed E-state index contributed by atoms with van der Waals surface area (Å²) >= 11 is 3.74. The Hall–Kier alpha value is -0.830. The van der Waals surface area contributed by atoms with Crippen LogP contribution < -0.4 is 5.32 Å². The summed E-state index contributed by atoms with van der Waals surface area (Å²) in [6, 6.07) is 6.29. The van der Waals surface area contributed by atoms with Crippen molar-refractivity contribution in [3.63, 3.8) is 0 Å². The minimum absolute atomic E-state index is 0.0676. The van der Waals surface area contributed by atoms with Gasteiger partial charge >= 0.3 is 0 Å². The van der Waals surface area contributed by atoms with E-state index in [0.717, 1.165) is 24.9 Å². The van der Waals surface area contributed by atoms with Crippen molar-refractivity contribution in [2.45, 2.75) is 38.4 Å². The summed E-state index contributed by atoms with van der Waals surface area (Å²) in [6.45, 7) is 7.36. The lowest BCUT2D eigenvalue weighted by Gasteiger charge is -2.26. The number of carbonyl (C=O) groups is 1. The maximum Gasteiger partial charge on any atom is 0.251 e. The number of rotatable bonds is 1. The Labute approximate surface area is 117 Å². The number of carbonyl (C=O) groups excluding carboxylic acids is 1. The van der Waals surface area contributed by atoms with Gasteiger partial charge in [0.1, 0.15) is 0 Å². The van der Waals surface area contributed by atoms with Gasteiger partial charge in [-0.3, -0.25) is 4.79 Å². The summed E-state index contributed by atoms with van der Waals surface area (Å²) in [5, 5.41) is 2.95. The molecule has 0 fully saturated rings. The normalized spacial score (nSPS) is 17.7. The van der Waals surface area contributed by atoms with Gasteiger partial charge in [-0.2, -0.15) is 0 Å². The van der Waals surface area contributed by atoms with E-state index in [-0.39, 0.29) is 16.1 Å². The number of hydrogen-bond acceptors (Lipinski definition) is 1. The van der Waals surface area contributed by atoms with Gasteiger partial charge in [-0.15, -0.1) is 0 Å². The van der Waals surface area contributed by atoms with E-state index in [9.17, 15) is 4.79 Å². The van der Waals surface area contributed by atoms with Crippen molar-refractivity contribution in [3.05, 3.63) is 34.9 Å². The second kappa shape index (κ2) is 5.04. The summed E-state index contributed by atoms with van der Waals surface area (Å²) in [7, 11) is 0. The van der Waals surface area contributed by atoms with Crippen LogP contribution in [0.2, 0.25) is 0 Å². The molecule has 1 heterocycles. The van der Waals surface area contributed by atoms with Gasteiger partial charge in [0.15, 0.2) is 0 Å². The Kier molecular flexibility index (Phi) is 3.81. The molecular weight excluding hydrogens is 290 g/mol. The predicted molar refractivity (Wildman–Crippen MR) is 78.2 cm³/mol. The molecule has 1 unspecified atom stereocenters. The number of aryl methyl sites for hydroxylation is 1. The molecule has 1 atom stereocenters. The molecule has 0 bridgehead atoms. The van der Waals surface area contributed by atoms with E-state index in [1.807, 2.05) is 6.07 Å².